The van der Waals surface area contributed by atoms with Gasteiger partial charge in [0.15, 0.2) is 11.4 Å². The molecule has 0 spiro atoms. The Balaban J connectivity index is 1.98. The Morgan fingerprint density at radius 2 is 1.85 bits per heavy atom. The Hall–Kier alpha value is -3.90. The molecule has 0 aliphatic heterocycles. The minimum absolute atomic E-state index is 0.0198. The predicted octanol–water partition coefficient (Wildman–Crippen LogP) is 0.947. The number of Topliss-reactive ketones (excluding diaryl/α,β-unsaturated/α-hetero) is 2. The van der Waals surface area contributed by atoms with Crippen molar-refractivity contribution >= 4 is 28.9 Å². The molecule has 1 amide bonds. The standard InChI is InChI=1S/C27H34N4O8/c1-7-39-29-11(2)13-10-16(30(3)4)14-8-12-9-15-20(31(5)6)23(34)19(26(28)37)25(36)27(15,38)24(35)17(12)22(33)18(14)21(13)32/h10,12,15,20,32,34-35,38H,7-9H2,1-6H3,(H2,28,37)/t12-,15?,20?,27-/m0/s1. The molecule has 1 aromatic carbocycles. The highest BCUT2D eigenvalue weighted by Crippen LogP contribution is 2.53. The molecule has 0 aromatic heterocycles. The summed E-state index contributed by atoms with van der Waals surface area (Å²) in [5.74, 6) is -6.91. The van der Waals surface area contributed by atoms with Gasteiger partial charge in [0.2, 0.25) is 5.78 Å². The third-order valence-corrected chi connectivity index (χ3v) is 7.90. The first-order chi connectivity index (χ1) is 18.2. The molecule has 1 aromatic rings. The Labute approximate surface area is 225 Å². The summed E-state index contributed by atoms with van der Waals surface area (Å²) >= 11 is 0. The van der Waals surface area contributed by atoms with Crippen LogP contribution in [-0.2, 0) is 20.8 Å². The molecule has 210 valence electrons. The number of aromatic hydroxyl groups is 1. The van der Waals surface area contributed by atoms with Gasteiger partial charge >= 0.3 is 0 Å². The van der Waals surface area contributed by atoms with Gasteiger partial charge < -0.3 is 35.9 Å². The van der Waals surface area contributed by atoms with Gasteiger partial charge in [0.05, 0.1) is 17.3 Å². The second-order valence-electron chi connectivity index (χ2n) is 10.6. The van der Waals surface area contributed by atoms with E-state index < -0.39 is 58.0 Å². The average molecular weight is 543 g/mol. The predicted molar refractivity (Wildman–Crippen MR) is 142 cm³/mol. The number of oxime groups is 1. The Morgan fingerprint density at radius 1 is 1.21 bits per heavy atom. The molecule has 0 bridgehead atoms. The van der Waals surface area contributed by atoms with E-state index in [0.29, 0.717) is 23.6 Å². The summed E-state index contributed by atoms with van der Waals surface area (Å²) in [4.78, 5) is 48.0. The number of phenolic OH excluding ortho intramolecular Hbond substituents is 1. The van der Waals surface area contributed by atoms with Crippen LogP contribution in [0.4, 0.5) is 5.69 Å². The zero-order valence-electron chi connectivity index (χ0n) is 22.8. The normalized spacial score (nSPS) is 26.9. The minimum atomic E-state index is -2.69. The molecule has 4 rings (SSSR count). The van der Waals surface area contributed by atoms with E-state index in [4.69, 9.17) is 10.6 Å². The number of anilines is 1. The molecule has 0 radical (unpaired) electrons. The summed E-state index contributed by atoms with van der Waals surface area (Å²) in [6.07, 6.45) is 0.212. The number of allylic oxidation sites excluding steroid dienone is 1. The Bertz CT molecular complexity index is 1380. The first-order valence-corrected chi connectivity index (χ1v) is 12.6. The molecule has 3 aliphatic rings. The number of amides is 1. The van der Waals surface area contributed by atoms with Gasteiger partial charge in [-0.1, -0.05) is 5.16 Å². The molecular formula is C27H34N4O8. The number of aliphatic hydroxyl groups excluding tert-OH is 2. The van der Waals surface area contributed by atoms with Crippen molar-refractivity contribution in [3.63, 3.8) is 0 Å². The summed E-state index contributed by atoms with van der Waals surface area (Å²) in [5.41, 5.74) is 3.28. The van der Waals surface area contributed by atoms with E-state index in [1.165, 1.54) is 4.90 Å². The fraction of sp³-hybridized carbons (Fsp3) is 0.481. The molecule has 0 fully saturated rings. The molecule has 0 heterocycles. The monoisotopic (exact) mass is 542 g/mol. The van der Waals surface area contributed by atoms with Crippen molar-refractivity contribution in [3.8, 4) is 5.75 Å². The SMILES string of the molecule is CCON=C(C)c1cc(N(C)C)c2c(c1O)C(=O)C1=C(O)[C@]3(O)C(=O)C(C(N)=O)=C(O)C(N(C)C)C3C[C@@H]1C2. The van der Waals surface area contributed by atoms with Crippen molar-refractivity contribution in [2.24, 2.45) is 22.7 Å². The third-order valence-electron chi connectivity index (χ3n) is 7.90. The first kappa shape index (κ1) is 28.1. The van der Waals surface area contributed by atoms with Crippen LogP contribution in [0.25, 0.3) is 0 Å². The Morgan fingerprint density at radius 3 is 2.38 bits per heavy atom. The summed E-state index contributed by atoms with van der Waals surface area (Å²) in [7, 11) is 6.75. The van der Waals surface area contributed by atoms with Gasteiger partial charge in [-0.15, -0.1) is 0 Å². The number of hydrogen-bond donors (Lipinski definition) is 5. The number of aliphatic hydroxyl groups is 3. The summed E-state index contributed by atoms with van der Waals surface area (Å²) in [5, 5.41) is 49.3. The van der Waals surface area contributed by atoms with Crippen LogP contribution in [0.2, 0.25) is 0 Å². The zero-order valence-corrected chi connectivity index (χ0v) is 22.8. The van der Waals surface area contributed by atoms with E-state index in [1.54, 1.807) is 53.0 Å². The average Bonchev–Trinajstić information content (AvgIpc) is 2.84. The smallest absolute Gasteiger partial charge is 0.255 e. The number of carbonyl (C=O) groups excluding carboxylic acids is 3. The van der Waals surface area contributed by atoms with Gasteiger partial charge in [-0.25, -0.2) is 0 Å². The molecule has 12 nitrogen and oxygen atoms in total. The van der Waals surface area contributed by atoms with Crippen LogP contribution in [0.1, 0.15) is 41.8 Å². The molecule has 3 aliphatic carbocycles. The van der Waals surface area contributed by atoms with E-state index in [1.807, 2.05) is 0 Å². The lowest BCUT2D eigenvalue weighted by atomic mass is 9.58. The number of nitrogens with zero attached hydrogens (tertiary/aromatic N) is 3. The van der Waals surface area contributed by atoms with E-state index in [9.17, 15) is 34.8 Å². The van der Waals surface area contributed by atoms with Crippen molar-refractivity contribution in [1.82, 2.24) is 4.90 Å². The number of carbonyl (C=O) groups is 3. The second-order valence-corrected chi connectivity index (χ2v) is 10.6. The third kappa shape index (κ3) is 3.97. The van der Waals surface area contributed by atoms with Gasteiger partial charge in [-0.2, -0.15) is 0 Å². The summed E-state index contributed by atoms with van der Waals surface area (Å²) in [6.45, 7) is 3.66. The maximum absolute atomic E-state index is 14.0. The van der Waals surface area contributed by atoms with E-state index in [2.05, 4.69) is 5.16 Å². The largest absolute Gasteiger partial charge is 0.510 e. The highest BCUT2D eigenvalue weighted by atomic mass is 16.6. The number of likely N-dealkylation sites (N-methyl/N-ethyl adjacent to an activating group) is 1. The number of nitrogens with two attached hydrogens (primary N) is 1. The highest BCUT2D eigenvalue weighted by Gasteiger charge is 2.63. The van der Waals surface area contributed by atoms with Crippen molar-refractivity contribution < 1.29 is 39.6 Å². The number of ketones is 2. The first-order valence-electron chi connectivity index (χ1n) is 12.6. The van der Waals surface area contributed by atoms with Gasteiger partial charge in [0, 0.05) is 36.8 Å². The summed E-state index contributed by atoms with van der Waals surface area (Å²) < 4.78 is 0. The fourth-order valence-corrected chi connectivity index (χ4v) is 6.18. The number of phenols is 1. The van der Waals surface area contributed by atoms with Gasteiger partial charge in [-0.05, 0) is 58.3 Å². The van der Waals surface area contributed by atoms with Crippen LogP contribution in [-0.4, -0.2) is 95.0 Å². The minimum Gasteiger partial charge on any atom is -0.510 e. The van der Waals surface area contributed by atoms with Gasteiger partial charge in [-0.3, -0.25) is 19.3 Å². The van der Waals surface area contributed by atoms with E-state index >= 15 is 0 Å². The van der Waals surface area contributed by atoms with E-state index in [0.717, 1.165) is 0 Å². The Kier molecular flexibility index (Phi) is 6.98. The van der Waals surface area contributed by atoms with Crippen molar-refractivity contribution in [3.05, 3.63) is 45.4 Å². The fourth-order valence-electron chi connectivity index (χ4n) is 6.18. The lowest BCUT2D eigenvalue weighted by Gasteiger charge is -2.50. The molecule has 2 unspecified atom stereocenters. The van der Waals surface area contributed by atoms with E-state index in [-0.39, 0.29) is 35.3 Å². The van der Waals surface area contributed by atoms with Crippen LogP contribution < -0.4 is 10.6 Å². The maximum Gasteiger partial charge on any atom is 0.255 e. The second kappa shape index (κ2) is 9.69. The van der Waals surface area contributed by atoms with Crippen molar-refractivity contribution in [2.45, 2.75) is 38.3 Å². The number of rotatable bonds is 6. The molecule has 4 atom stereocenters. The molecule has 6 N–H and O–H groups in total. The van der Waals surface area contributed by atoms with Gasteiger partial charge in [0.1, 0.15) is 29.4 Å². The van der Waals surface area contributed by atoms with Crippen LogP contribution in [0.3, 0.4) is 0 Å². The molecule has 12 heteroatoms. The van der Waals surface area contributed by atoms with Crippen LogP contribution in [0.5, 0.6) is 5.75 Å². The zero-order chi connectivity index (χ0) is 29.1. The molecule has 39 heavy (non-hydrogen) atoms. The van der Waals surface area contributed by atoms with Gasteiger partial charge in [0.25, 0.3) is 5.91 Å². The summed E-state index contributed by atoms with van der Waals surface area (Å²) in [6, 6.07) is 0.657. The highest BCUT2D eigenvalue weighted by molar-refractivity contribution is 6.25. The number of hydrogen-bond acceptors (Lipinski definition) is 11. The lowest BCUT2D eigenvalue weighted by molar-refractivity contribution is -0.148. The number of primary amides is 1. The van der Waals surface area contributed by atoms with Crippen LogP contribution in [0.15, 0.2) is 33.9 Å². The van der Waals surface area contributed by atoms with Crippen LogP contribution >= 0.6 is 0 Å². The molecular weight excluding hydrogens is 508 g/mol. The van der Waals surface area contributed by atoms with Crippen molar-refractivity contribution in [2.75, 3.05) is 39.7 Å². The topological polar surface area (TPSA) is 186 Å². The maximum atomic E-state index is 14.0. The molecule has 0 saturated heterocycles. The number of fused-ring (bicyclic) bond motifs is 3. The number of benzene rings is 1. The molecule has 0 saturated carbocycles. The quantitative estimate of drug-likeness (QED) is 0.197. The van der Waals surface area contributed by atoms with Crippen molar-refractivity contribution in [1.29, 1.82) is 0 Å². The van der Waals surface area contributed by atoms with Crippen LogP contribution in [0, 0.1) is 11.8 Å². The lowest BCUT2D eigenvalue weighted by Crippen LogP contribution is -2.63.